The van der Waals surface area contributed by atoms with Crippen LogP contribution in [-0.2, 0) is 0 Å². The van der Waals surface area contributed by atoms with Gasteiger partial charge in [-0.1, -0.05) is 12.2 Å². The highest BCUT2D eigenvalue weighted by atomic mass is 35.5. The van der Waals surface area contributed by atoms with E-state index in [-0.39, 0.29) is 21.3 Å². The fourth-order valence-corrected chi connectivity index (χ4v) is 1.80. The molecule has 1 amide bonds. The Morgan fingerprint density at radius 3 is 2.68 bits per heavy atom. The number of carbonyl (C=O) groups is 1. The van der Waals surface area contributed by atoms with Crippen LogP contribution in [0.5, 0.6) is 0 Å². The molecule has 4 nitrogen and oxygen atoms in total. The largest absolute Gasteiger partial charge is 0.452 e. The van der Waals surface area contributed by atoms with Crippen LogP contribution in [0.3, 0.4) is 0 Å². The van der Waals surface area contributed by atoms with E-state index in [1.54, 1.807) is 0 Å². The molecular weight excluding hydrogens is 291 g/mol. The third-order valence-corrected chi connectivity index (χ3v) is 2.86. The summed E-state index contributed by atoms with van der Waals surface area (Å²) in [6, 6.07) is 5.34. The summed E-state index contributed by atoms with van der Waals surface area (Å²) in [6.45, 7) is 0. The summed E-state index contributed by atoms with van der Waals surface area (Å²) in [7, 11) is 0. The fourth-order valence-electron chi connectivity index (χ4n) is 1.45. The number of carbonyl (C=O) groups excluding carboxylic acids is 1. The van der Waals surface area contributed by atoms with Gasteiger partial charge in [0.1, 0.15) is 10.8 Å². The Morgan fingerprint density at radius 1 is 1.37 bits per heavy atom. The zero-order valence-electron chi connectivity index (χ0n) is 9.44. The number of furan rings is 1. The van der Waals surface area contributed by atoms with Gasteiger partial charge in [0.2, 0.25) is 5.22 Å². The molecular formula is C12H8ClFN2O2S. The zero-order valence-corrected chi connectivity index (χ0v) is 11.0. The molecule has 1 heterocycles. The molecule has 3 N–H and O–H groups in total. The minimum atomic E-state index is -0.549. The van der Waals surface area contributed by atoms with Crippen molar-refractivity contribution in [3.8, 4) is 0 Å². The molecule has 0 bridgehead atoms. The van der Waals surface area contributed by atoms with E-state index in [0.29, 0.717) is 5.69 Å². The fraction of sp³-hybridized carbons (Fsp3) is 0. The minimum absolute atomic E-state index is 0.0193. The van der Waals surface area contributed by atoms with Crippen molar-refractivity contribution in [2.45, 2.75) is 0 Å². The molecule has 0 radical (unpaired) electrons. The van der Waals surface area contributed by atoms with Crippen LogP contribution < -0.4 is 11.1 Å². The Labute approximate surface area is 118 Å². The molecule has 0 unspecified atom stereocenters. The molecule has 0 aliphatic carbocycles. The Morgan fingerprint density at radius 2 is 2.11 bits per heavy atom. The lowest BCUT2D eigenvalue weighted by molar-refractivity contribution is 0.102. The molecule has 0 aliphatic rings. The van der Waals surface area contributed by atoms with E-state index in [1.165, 1.54) is 30.5 Å². The number of amides is 1. The van der Waals surface area contributed by atoms with Gasteiger partial charge in [0.25, 0.3) is 5.91 Å². The van der Waals surface area contributed by atoms with Gasteiger partial charge in [0.15, 0.2) is 0 Å². The minimum Gasteiger partial charge on any atom is -0.452 e. The molecule has 1 aromatic heterocycles. The smallest absolute Gasteiger partial charge is 0.260 e. The molecule has 0 spiro atoms. The molecule has 0 saturated heterocycles. The average molecular weight is 299 g/mol. The van der Waals surface area contributed by atoms with Crippen LogP contribution in [0.1, 0.15) is 15.9 Å². The topological polar surface area (TPSA) is 68.3 Å². The molecule has 1 aromatic carbocycles. The summed E-state index contributed by atoms with van der Waals surface area (Å²) in [6.07, 6.45) is 1.29. The molecule has 19 heavy (non-hydrogen) atoms. The Hall–Kier alpha value is -1.92. The van der Waals surface area contributed by atoms with Gasteiger partial charge < -0.3 is 15.5 Å². The van der Waals surface area contributed by atoms with Crippen LogP contribution in [0.2, 0.25) is 5.22 Å². The second-order valence-corrected chi connectivity index (χ2v) is 4.40. The van der Waals surface area contributed by atoms with Crippen molar-refractivity contribution in [1.82, 2.24) is 0 Å². The molecule has 0 aliphatic heterocycles. The highest BCUT2D eigenvalue weighted by molar-refractivity contribution is 7.80. The quantitative estimate of drug-likeness (QED) is 0.855. The lowest BCUT2D eigenvalue weighted by atomic mass is 10.2. The van der Waals surface area contributed by atoms with Crippen LogP contribution in [-0.4, -0.2) is 10.9 Å². The first kappa shape index (κ1) is 13.5. The standard InChI is InChI=1S/C12H8ClFN2O2S/c13-10-7(3-4-18-10)12(17)16-6-1-2-9(14)8(5-6)11(15)19/h1-5H,(H2,15,19)(H,16,17). The first-order valence-corrected chi connectivity index (χ1v) is 5.91. The van der Waals surface area contributed by atoms with Crippen LogP contribution >= 0.6 is 23.8 Å². The van der Waals surface area contributed by atoms with E-state index in [1.807, 2.05) is 0 Å². The Bertz CT molecular complexity index is 657. The van der Waals surface area contributed by atoms with Gasteiger partial charge in [-0.2, -0.15) is 0 Å². The first-order chi connectivity index (χ1) is 8.99. The Kier molecular flexibility index (Phi) is 3.82. The molecule has 0 atom stereocenters. The van der Waals surface area contributed by atoms with Gasteiger partial charge in [-0.25, -0.2) is 4.39 Å². The molecule has 98 valence electrons. The average Bonchev–Trinajstić information content (AvgIpc) is 2.77. The molecule has 7 heteroatoms. The summed E-state index contributed by atoms with van der Waals surface area (Å²) >= 11 is 10.4. The van der Waals surface area contributed by atoms with Crippen LogP contribution in [0.25, 0.3) is 0 Å². The second-order valence-electron chi connectivity index (χ2n) is 3.62. The van der Waals surface area contributed by atoms with Gasteiger partial charge >= 0.3 is 0 Å². The van der Waals surface area contributed by atoms with Gasteiger partial charge in [-0.15, -0.1) is 0 Å². The van der Waals surface area contributed by atoms with E-state index in [0.717, 1.165) is 0 Å². The SMILES string of the molecule is NC(=S)c1cc(NC(=O)c2ccoc2Cl)ccc1F. The van der Waals surface area contributed by atoms with E-state index < -0.39 is 11.7 Å². The molecule has 0 fully saturated rings. The summed E-state index contributed by atoms with van der Waals surface area (Å²) in [5, 5.41) is 2.52. The zero-order chi connectivity index (χ0) is 14.0. The summed E-state index contributed by atoms with van der Waals surface area (Å²) in [5.41, 5.74) is 5.97. The highest BCUT2D eigenvalue weighted by Gasteiger charge is 2.14. The molecule has 2 aromatic rings. The van der Waals surface area contributed by atoms with Crippen molar-refractivity contribution in [2.24, 2.45) is 5.73 Å². The number of nitrogens with two attached hydrogens (primary N) is 1. The molecule has 2 rings (SSSR count). The monoisotopic (exact) mass is 298 g/mol. The lowest BCUT2D eigenvalue weighted by Crippen LogP contribution is -2.15. The van der Waals surface area contributed by atoms with Crippen LogP contribution in [0.4, 0.5) is 10.1 Å². The van der Waals surface area contributed by atoms with E-state index in [2.05, 4.69) is 5.32 Å². The number of nitrogens with one attached hydrogen (secondary N) is 1. The van der Waals surface area contributed by atoms with Gasteiger partial charge in [0, 0.05) is 11.3 Å². The lowest BCUT2D eigenvalue weighted by Gasteiger charge is -2.07. The summed E-state index contributed by atoms with van der Waals surface area (Å²) < 4.78 is 18.2. The van der Waals surface area contributed by atoms with Crippen molar-refractivity contribution in [3.05, 3.63) is 52.7 Å². The van der Waals surface area contributed by atoms with Crippen molar-refractivity contribution in [3.63, 3.8) is 0 Å². The van der Waals surface area contributed by atoms with E-state index >= 15 is 0 Å². The normalized spacial score (nSPS) is 10.2. The number of hydrogen-bond acceptors (Lipinski definition) is 3. The summed E-state index contributed by atoms with van der Waals surface area (Å²) in [5.74, 6) is -1.02. The molecule has 0 saturated carbocycles. The van der Waals surface area contributed by atoms with Gasteiger partial charge in [-0.3, -0.25) is 4.79 Å². The third kappa shape index (κ3) is 2.91. The number of hydrogen-bond donors (Lipinski definition) is 2. The number of halogens is 2. The highest BCUT2D eigenvalue weighted by Crippen LogP contribution is 2.20. The predicted molar refractivity (Wildman–Crippen MR) is 74.0 cm³/mol. The van der Waals surface area contributed by atoms with Gasteiger partial charge in [0.05, 0.1) is 11.8 Å². The van der Waals surface area contributed by atoms with Crippen molar-refractivity contribution in [2.75, 3.05) is 5.32 Å². The van der Waals surface area contributed by atoms with Gasteiger partial charge in [-0.05, 0) is 35.9 Å². The number of rotatable bonds is 3. The number of anilines is 1. The van der Waals surface area contributed by atoms with Crippen molar-refractivity contribution in [1.29, 1.82) is 0 Å². The van der Waals surface area contributed by atoms with Crippen molar-refractivity contribution >= 4 is 40.4 Å². The maximum Gasteiger partial charge on any atom is 0.260 e. The second kappa shape index (κ2) is 5.38. The van der Waals surface area contributed by atoms with Crippen molar-refractivity contribution < 1.29 is 13.6 Å². The third-order valence-electron chi connectivity index (χ3n) is 2.35. The van der Waals surface area contributed by atoms with Crippen LogP contribution in [0, 0.1) is 5.82 Å². The van der Waals surface area contributed by atoms with Crippen LogP contribution in [0.15, 0.2) is 34.9 Å². The maximum atomic E-state index is 13.4. The van der Waals surface area contributed by atoms with E-state index in [4.69, 9.17) is 34.0 Å². The van der Waals surface area contributed by atoms with E-state index in [9.17, 15) is 9.18 Å². The first-order valence-electron chi connectivity index (χ1n) is 5.12. The number of benzene rings is 1. The predicted octanol–water partition coefficient (Wildman–Crippen LogP) is 2.96. The number of thiocarbonyl (C=S) groups is 1. The summed E-state index contributed by atoms with van der Waals surface area (Å²) in [4.78, 5) is 11.8. The maximum absolute atomic E-state index is 13.4. The Balaban J connectivity index is 2.25.